The summed E-state index contributed by atoms with van der Waals surface area (Å²) in [4.78, 5) is 13.4. The van der Waals surface area contributed by atoms with E-state index in [-0.39, 0.29) is 0 Å². The van der Waals surface area contributed by atoms with Gasteiger partial charge in [-0.15, -0.1) is 0 Å². The first kappa shape index (κ1) is 12.1. The topological polar surface area (TPSA) is 32.3 Å². The second-order valence-corrected chi connectivity index (χ2v) is 5.32. The van der Waals surface area contributed by atoms with E-state index in [0.717, 1.165) is 12.8 Å². The fourth-order valence-corrected chi connectivity index (χ4v) is 3.09. The van der Waals surface area contributed by atoms with Crippen LogP contribution in [0, 0.1) is 5.92 Å². The minimum absolute atomic E-state index is 0.480. The van der Waals surface area contributed by atoms with Crippen molar-refractivity contribution < 1.29 is 9.18 Å². The first-order valence-electron chi connectivity index (χ1n) is 5.85. The largest absolute Gasteiger partial charge is 0.352 e. The predicted octanol–water partition coefficient (Wildman–Crippen LogP) is 1.51. The number of piperidine rings is 1. The molecule has 0 spiro atoms. The van der Waals surface area contributed by atoms with Crippen LogP contribution in [0.4, 0.5) is 4.39 Å². The highest BCUT2D eigenvalue weighted by molar-refractivity contribution is 6.29. The summed E-state index contributed by atoms with van der Waals surface area (Å²) in [6.07, 6.45) is 4.72. The zero-order chi connectivity index (χ0) is 11.7. The molecule has 0 aromatic carbocycles. The fraction of sp³-hybridized carbons (Fsp3) is 0.909. The summed E-state index contributed by atoms with van der Waals surface area (Å²) in [5.41, 5.74) is -1.91. The Labute approximate surface area is 100 Å². The van der Waals surface area contributed by atoms with Crippen molar-refractivity contribution in [3.8, 4) is 0 Å². The van der Waals surface area contributed by atoms with Crippen molar-refractivity contribution in [2.75, 3.05) is 13.6 Å². The highest BCUT2D eigenvalue weighted by atomic mass is 35.5. The predicted molar refractivity (Wildman–Crippen MR) is 61.1 cm³/mol. The number of hydrogen-bond donors (Lipinski definition) is 1. The molecule has 4 atom stereocenters. The number of nitrogens with zero attached hydrogens (tertiary/aromatic N) is 1. The van der Waals surface area contributed by atoms with Gasteiger partial charge in [0.05, 0.1) is 0 Å². The fourth-order valence-electron chi connectivity index (χ4n) is 3.01. The Morgan fingerprint density at radius 1 is 1.50 bits per heavy atom. The lowest BCUT2D eigenvalue weighted by atomic mass is 9.91. The van der Waals surface area contributed by atoms with Crippen LogP contribution in [0.5, 0.6) is 0 Å². The molecule has 16 heavy (non-hydrogen) atoms. The third kappa shape index (κ3) is 2.48. The number of carbonyl (C=O) groups excluding carboxylic acids is 1. The first-order valence-corrected chi connectivity index (χ1v) is 6.29. The summed E-state index contributed by atoms with van der Waals surface area (Å²) < 4.78 is 12.4. The van der Waals surface area contributed by atoms with Crippen LogP contribution in [0.25, 0.3) is 0 Å². The number of rotatable bonds is 3. The van der Waals surface area contributed by atoms with Crippen molar-refractivity contribution in [2.24, 2.45) is 5.92 Å². The summed E-state index contributed by atoms with van der Waals surface area (Å²) in [6, 6.07) is 1.30. The summed E-state index contributed by atoms with van der Waals surface area (Å²) in [5, 5.41) is 2.57. The van der Waals surface area contributed by atoms with E-state index in [1.54, 1.807) is 0 Å². The van der Waals surface area contributed by atoms with Crippen molar-refractivity contribution in [1.29, 1.82) is 0 Å². The Balaban J connectivity index is 1.78. The molecule has 1 N–H and O–H groups in total. The van der Waals surface area contributed by atoms with Crippen LogP contribution in [-0.2, 0) is 4.79 Å². The first-order chi connectivity index (χ1) is 7.58. The van der Waals surface area contributed by atoms with E-state index in [0.29, 0.717) is 24.5 Å². The van der Waals surface area contributed by atoms with E-state index in [9.17, 15) is 9.18 Å². The van der Waals surface area contributed by atoms with Gasteiger partial charge in [0.25, 0.3) is 11.5 Å². The van der Waals surface area contributed by atoms with Gasteiger partial charge in [-0.2, -0.15) is 0 Å². The highest BCUT2D eigenvalue weighted by Crippen LogP contribution is 2.36. The Bertz CT molecular complexity index is 261. The van der Waals surface area contributed by atoms with Gasteiger partial charge in [0.15, 0.2) is 0 Å². The van der Waals surface area contributed by atoms with Crippen molar-refractivity contribution >= 4 is 17.5 Å². The number of carbonyl (C=O) groups is 1. The number of amides is 1. The van der Waals surface area contributed by atoms with Crippen molar-refractivity contribution in [2.45, 2.75) is 43.4 Å². The van der Waals surface area contributed by atoms with Crippen LogP contribution in [0.3, 0.4) is 0 Å². The smallest absolute Gasteiger partial charge is 0.270 e. The van der Waals surface area contributed by atoms with Gasteiger partial charge in [-0.1, -0.05) is 11.6 Å². The van der Waals surface area contributed by atoms with E-state index in [1.165, 1.54) is 12.8 Å². The second-order valence-electron chi connectivity index (χ2n) is 4.93. The van der Waals surface area contributed by atoms with E-state index < -0.39 is 11.5 Å². The maximum atomic E-state index is 12.4. The van der Waals surface area contributed by atoms with Gasteiger partial charge in [0, 0.05) is 18.6 Å². The van der Waals surface area contributed by atoms with Crippen molar-refractivity contribution in [3.63, 3.8) is 0 Å². The van der Waals surface area contributed by atoms with E-state index in [1.807, 2.05) is 0 Å². The molecule has 0 aliphatic carbocycles. The molecular formula is C11H18ClFN2O. The normalized spacial score (nSPS) is 36.1. The maximum absolute atomic E-state index is 12.4. The van der Waals surface area contributed by atoms with Crippen LogP contribution in [0.2, 0.25) is 0 Å². The van der Waals surface area contributed by atoms with Gasteiger partial charge in [0.2, 0.25) is 0 Å². The summed E-state index contributed by atoms with van der Waals surface area (Å²) in [5.74, 6) is -0.221. The van der Waals surface area contributed by atoms with Crippen molar-refractivity contribution in [1.82, 2.24) is 10.2 Å². The Morgan fingerprint density at radius 3 is 2.56 bits per heavy atom. The molecule has 3 nitrogen and oxygen atoms in total. The maximum Gasteiger partial charge on any atom is 0.270 e. The molecule has 0 aromatic rings. The SMILES string of the molecule is CN1[C@@H]2CC[C@H]1CC(CNC(=O)C(F)Cl)C2. The molecule has 2 saturated heterocycles. The van der Waals surface area contributed by atoms with Gasteiger partial charge in [0.1, 0.15) is 0 Å². The lowest BCUT2D eigenvalue weighted by molar-refractivity contribution is -0.123. The number of nitrogens with one attached hydrogen (secondary N) is 1. The number of halogens is 2. The van der Waals surface area contributed by atoms with E-state index in [4.69, 9.17) is 11.6 Å². The monoisotopic (exact) mass is 248 g/mol. The molecule has 2 aliphatic rings. The molecule has 5 heteroatoms. The van der Waals surface area contributed by atoms with Gasteiger partial charge in [-0.25, -0.2) is 4.39 Å². The highest BCUT2D eigenvalue weighted by Gasteiger charge is 2.38. The zero-order valence-electron chi connectivity index (χ0n) is 9.46. The molecule has 0 radical (unpaired) electrons. The van der Waals surface area contributed by atoms with Gasteiger partial charge in [-0.05, 0) is 38.6 Å². The molecule has 2 aliphatic heterocycles. The molecule has 2 heterocycles. The quantitative estimate of drug-likeness (QED) is 0.768. The molecule has 2 rings (SSSR count). The number of hydrogen-bond acceptors (Lipinski definition) is 2. The Kier molecular flexibility index (Phi) is 3.70. The van der Waals surface area contributed by atoms with Crippen LogP contribution >= 0.6 is 11.6 Å². The minimum Gasteiger partial charge on any atom is -0.352 e. The third-order valence-electron chi connectivity index (χ3n) is 3.96. The van der Waals surface area contributed by atoms with E-state index in [2.05, 4.69) is 17.3 Å². The lowest BCUT2D eigenvalue weighted by Crippen LogP contribution is -2.44. The number of fused-ring (bicyclic) bond motifs is 2. The van der Waals surface area contributed by atoms with Gasteiger partial charge in [-0.3, -0.25) is 4.79 Å². The molecule has 2 fully saturated rings. The van der Waals surface area contributed by atoms with Crippen LogP contribution < -0.4 is 5.32 Å². The standard InChI is InChI=1S/C11H18ClFN2O/c1-15-8-2-3-9(15)5-7(4-8)6-14-11(16)10(12)13/h7-10H,2-6H2,1H3,(H,14,16)/t7?,8-,9+,10?. The van der Waals surface area contributed by atoms with Crippen LogP contribution in [0.1, 0.15) is 25.7 Å². The van der Waals surface area contributed by atoms with E-state index >= 15 is 0 Å². The Hall–Kier alpha value is -0.350. The minimum atomic E-state index is -1.91. The van der Waals surface area contributed by atoms with Gasteiger partial charge >= 0.3 is 0 Å². The zero-order valence-corrected chi connectivity index (χ0v) is 10.2. The molecule has 2 bridgehead atoms. The van der Waals surface area contributed by atoms with Crippen LogP contribution in [0.15, 0.2) is 0 Å². The summed E-state index contributed by atoms with van der Waals surface area (Å²) in [7, 11) is 2.17. The molecule has 0 saturated carbocycles. The second kappa shape index (κ2) is 4.88. The average molecular weight is 249 g/mol. The van der Waals surface area contributed by atoms with Crippen LogP contribution in [-0.4, -0.2) is 42.1 Å². The third-order valence-corrected chi connectivity index (χ3v) is 4.16. The average Bonchev–Trinajstić information content (AvgIpc) is 2.51. The Morgan fingerprint density at radius 2 is 2.06 bits per heavy atom. The summed E-state index contributed by atoms with van der Waals surface area (Å²) >= 11 is 5.05. The number of alkyl halides is 2. The molecular weight excluding hydrogens is 231 g/mol. The summed E-state index contributed by atoms with van der Waals surface area (Å²) in [6.45, 7) is 0.562. The van der Waals surface area contributed by atoms with Crippen molar-refractivity contribution in [3.05, 3.63) is 0 Å². The molecule has 2 unspecified atom stereocenters. The van der Waals surface area contributed by atoms with Gasteiger partial charge < -0.3 is 10.2 Å². The molecule has 1 amide bonds. The molecule has 92 valence electrons. The lowest BCUT2D eigenvalue weighted by Gasteiger charge is -2.36. The molecule has 0 aromatic heterocycles.